The summed E-state index contributed by atoms with van der Waals surface area (Å²) >= 11 is 0. The number of rotatable bonds is 3. The number of para-hydroxylation sites is 1. The summed E-state index contributed by atoms with van der Waals surface area (Å²) in [5.74, 6) is 0.949. The summed E-state index contributed by atoms with van der Waals surface area (Å²) in [6.45, 7) is 9.11. The standard InChI is InChI=1S/C19H26N2O/c1-13(12-19(2,3)4)20-17-11-10-16-18(21(17)5)14-8-6-7-9-15(14)22-16/h6-11,13,17,20H,12H2,1-5H3/t13-,17?/m1/s1. The fourth-order valence-electron chi connectivity index (χ4n) is 3.41. The van der Waals surface area contributed by atoms with Crippen LogP contribution in [0, 0.1) is 5.41 Å². The number of furan rings is 1. The average Bonchev–Trinajstić information content (AvgIpc) is 2.79. The van der Waals surface area contributed by atoms with Gasteiger partial charge in [-0.25, -0.2) is 0 Å². The molecule has 3 heteroatoms. The molecule has 0 spiro atoms. The predicted molar refractivity (Wildman–Crippen MR) is 94.1 cm³/mol. The molecule has 1 aliphatic rings. The molecule has 0 saturated heterocycles. The molecule has 1 aliphatic heterocycles. The van der Waals surface area contributed by atoms with E-state index in [4.69, 9.17) is 4.42 Å². The molecule has 2 atom stereocenters. The van der Waals surface area contributed by atoms with Crippen LogP contribution in [0.2, 0.25) is 0 Å². The Hall–Kier alpha value is -1.74. The van der Waals surface area contributed by atoms with E-state index in [-0.39, 0.29) is 6.17 Å². The van der Waals surface area contributed by atoms with Gasteiger partial charge in [-0.3, -0.25) is 5.32 Å². The minimum atomic E-state index is 0.200. The van der Waals surface area contributed by atoms with E-state index >= 15 is 0 Å². The number of hydrogen-bond donors (Lipinski definition) is 1. The molecule has 1 aromatic heterocycles. The lowest BCUT2D eigenvalue weighted by atomic mass is 9.88. The number of likely N-dealkylation sites (N-methyl/N-ethyl adjacent to an activating group) is 1. The minimum Gasteiger partial charge on any atom is -0.454 e. The van der Waals surface area contributed by atoms with Crippen molar-refractivity contribution in [2.75, 3.05) is 11.9 Å². The van der Waals surface area contributed by atoms with Gasteiger partial charge >= 0.3 is 0 Å². The molecular formula is C19H26N2O. The smallest absolute Gasteiger partial charge is 0.151 e. The van der Waals surface area contributed by atoms with E-state index in [0.29, 0.717) is 11.5 Å². The molecule has 0 aliphatic carbocycles. The molecule has 118 valence electrons. The third kappa shape index (κ3) is 2.91. The highest BCUT2D eigenvalue weighted by Gasteiger charge is 2.26. The summed E-state index contributed by atoms with van der Waals surface area (Å²) in [7, 11) is 2.13. The van der Waals surface area contributed by atoms with Gasteiger partial charge in [0.05, 0.1) is 11.9 Å². The van der Waals surface area contributed by atoms with Crippen molar-refractivity contribution in [3.05, 3.63) is 36.1 Å². The monoisotopic (exact) mass is 298 g/mol. The van der Waals surface area contributed by atoms with Crippen LogP contribution in [0.15, 0.2) is 34.8 Å². The minimum absolute atomic E-state index is 0.200. The molecule has 0 amide bonds. The van der Waals surface area contributed by atoms with E-state index in [0.717, 1.165) is 17.8 Å². The largest absolute Gasteiger partial charge is 0.454 e. The van der Waals surface area contributed by atoms with Crippen molar-refractivity contribution in [2.24, 2.45) is 5.41 Å². The highest BCUT2D eigenvalue weighted by molar-refractivity contribution is 5.96. The first kappa shape index (κ1) is 15.2. The number of fused-ring (bicyclic) bond motifs is 3. The maximum atomic E-state index is 5.94. The summed E-state index contributed by atoms with van der Waals surface area (Å²) in [4.78, 5) is 2.28. The van der Waals surface area contributed by atoms with E-state index in [2.05, 4.69) is 69.2 Å². The van der Waals surface area contributed by atoms with Gasteiger partial charge in [0, 0.05) is 18.5 Å². The summed E-state index contributed by atoms with van der Waals surface area (Å²) < 4.78 is 5.94. The number of benzene rings is 1. The fourth-order valence-corrected chi connectivity index (χ4v) is 3.41. The van der Waals surface area contributed by atoms with E-state index < -0.39 is 0 Å². The van der Waals surface area contributed by atoms with Crippen LogP contribution in [0.1, 0.15) is 39.9 Å². The molecule has 3 nitrogen and oxygen atoms in total. The van der Waals surface area contributed by atoms with Crippen LogP contribution < -0.4 is 10.2 Å². The molecular weight excluding hydrogens is 272 g/mol. The van der Waals surface area contributed by atoms with E-state index in [1.807, 2.05) is 12.1 Å². The molecule has 1 N–H and O–H groups in total. The molecule has 0 saturated carbocycles. The molecule has 0 fully saturated rings. The van der Waals surface area contributed by atoms with E-state index in [1.54, 1.807) is 0 Å². The zero-order chi connectivity index (χ0) is 15.9. The van der Waals surface area contributed by atoms with Crippen molar-refractivity contribution in [3.8, 4) is 0 Å². The van der Waals surface area contributed by atoms with E-state index in [9.17, 15) is 0 Å². The first-order chi connectivity index (χ1) is 10.3. The number of anilines is 1. The Balaban J connectivity index is 1.83. The second kappa shape index (κ2) is 5.47. The van der Waals surface area contributed by atoms with Gasteiger partial charge in [-0.05, 0) is 43.0 Å². The molecule has 1 aromatic carbocycles. The normalized spacial score (nSPS) is 19.5. The van der Waals surface area contributed by atoms with Gasteiger partial charge < -0.3 is 9.32 Å². The quantitative estimate of drug-likeness (QED) is 0.895. The topological polar surface area (TPSA) is 28.4 Å². The Morgan fingerprint density at radius 2 is 2.00 bits per heavy atom. The zero-order valence-electron chi connectivity index (χ0n) is 14.2. The molecule has 3 rings (SSSR count). The van der Waals surface area contributed by atoms with Crippen molar-refractivity contribution in [1.82, 2.24) is 5.32 Å². The van der Waals surface area contributed by atoms with Gasteiger partial charge in [0.2, 0.25) is 0 Å². The second-order valence-corrected chi connectivity index (χ2v) is 7.56. The summed E-state index contributed by atoms with van der Waals surface area (Å²) in [5.41, 5.74) is 2.46. The van der Waals surface area contributed by atoms with Crippen molar-refractivity contribution >= 4 is 22.7 Å². The molecule has 22 heavy (non-hydrogen) atoms. The molecule has 0 radical (unpaired) electrons. The Labute approximate surface area is 133 Å². The van der Waals surface area contributed by atoms with Gasteiger partial charge in [0.15, 0.2) is 5.76 Å². The van der Waals surface area contributed by atoms with E-state index in [1.165, 1.54) is 11.1 Å². The van der Waals surface area contributed by atoms with Crippen LogP contribution in [-0.4, -0.2) is 19.3 Å². The summed E-state index contributed by atoms with van der Waals surface area (Å²) in [6.07, 6.45) is 5.62. The summed E-state index contributed by atoms with van der Waals surface area (Å²) in [6, 6.07) is 8.69. The Morgan fingerprint density at radius 3 is 2.73 bits per heavy atom. The fraction of sp³-hybridized carbons (Fsp3) is 0.474. The van der Waals surface area contributed by atoms with Crippen LogP contribution in [0.5, 0.6) is 0 Å². The third-order valence-electron chi connectivity index (χ3n) is 4.17. The maximum Gasteiger partial charge on any atom is 0.151 e. The van der Waals surface area contributed by atoms with Crippen molar-refractivity contribution in [3.63, 3.8) is 0 Å². The average molecular weight is 298 g/mol. The van der Waals surface area contributed by atoms with Crippen LogP contribution in [0.4, 0.5) is 5.69 Å². The third-order valence-corrected chi connectivity index (χ3v) is 4.17. The highest BCUT2D eigenvalue weighted by atomic mass is 16.3. The molecule has 2 aromatic rings. The van der Waals surface area contributed by atoms with Crippen LogP contribution in [0.3, 0.4) is 0 Å². The van der Waals surface area contributed by atoms with Crippen molar-refractivity contribution < 1.29 is 4.42 Å². The lowest BCUT2D eigenvalue weighted by molar-refractivity contribution is 0.310. The first-order valence-electron chi connectivity index (χ1n) is 8.04. The second-order valence-electron chi connectivity index (χ2n) is 7.56. The van der Waals surface area contributed by atoms with Gasteiger partial charge in [0.25, 0.3) is 0 Å². The predicted octanol–water partition coefficient (Wildman–Crippen LogP) is 4.64. The van der Waals surface area contributed by atoms with Crippen molar-refractivity contribution in [2.45, 2.75) is 46.3 Å². The van der Waals surface area contributed by atoms with Crippen LogP contribution >= 0.6 is 0 Å². The Kier molecular flexibility index (Phi) is 3.77. The molecule has 1 unspecified atom stereocenters. The molecule has 0 bridgehead atoms. The Morgan fingerprint density at radius 1 is 1.27 bits per heavy atom. The van der Waals surface area contributed by atoms with Gasteiger partial charge in [0.1, 0.15) is 5.58 Å². The lowest BCUT2D eigenvalue weighted by Gasteiger charge is -2.34. The van der Waals surface area contributed by atoms with Gasteiger partial charge in [-0.2, -0.15) is 0 Å². The number of nitrogens with zero attached hydrogens (tertiary/aromatic N) is 1. The lowest BCUT2D eigenvalue weighted by Crippen LogP contribution is -2.48. The first-order valence-corrected chi connectivity index (χ1v) is 8.04. The summed E-state index contributed by atoms with van der Waals surface area (Å²) in [5, 5.41) is 4.90. The maximum absolute atomic E-state index is 5.94. The van der Waals surface area contributed by atoms with Crippen LogP contribution in [0.25, 0.3) is 17.0 Å². The van der Waals surface area contributed by atoms with Crippen molar-refractivity contribution in [1.29, 1.82) is 0 Å². The Bertz CT molecular complexity index is 693. The SMILES string of the molecule is C[C@H](CC(C)(C)C)NC1C=Cc2oc3ccccc3c2N1C. The number of hydrogen-bond acceptors (Lipinski definition) is 3. The van der Waals surface area contributed by atoms with Gasteiger partial charge in [-0.1, -0.05) is 32.9 Å². The molecule has 2 heterocycles. The van der Waals surface area contributed by atoms with Gasteiger partial charge in [-0.15, -0.1) is 0 Å². The van der Waals surface area contributed by atoms with Crippen LogP contribution in [-0.2, 0) is 0 Å². The zero-order valence-corrected chi connectivity index (χ0v) is 14.2. The highest BCUT2D eigenvalue weighted by Crippen LogP contribution is 2.37. The number of nitrogens with one attached hydrogen (secondary N) is 1.